The lowest BCUT2D eigenvalue weighted by molar-refractivity contribution is 0.201. The van der Waals surface area contributed by atoms with Gasteiger partial charge < -0.3 is 9.26 Å². The number of rotatable bonds is 22. The Morgan fingerprint density at radius 2 is 1.21 bits per heavy atom. The molecule has 0 fully saturated rings. The van der Waals surface area contributed by atoms with Crippen LogP contribution in [0.3, 0.4) is 0 Å². The third kappa shape index (κ3) is 14.2. The van der Waals surface area contributed by atoms with Gasteiger partial charge in [0.15, 0.2) is 0 Å². The summed E-state index contributed by atoms with van der Waals surface area (Å²) in [4.78, 5) is 0. The van der Waals surface area contributed by atoms with E-state index in [1.807, 2.05) is 0 Å². The van der Waals surface area contributed by atoms with Gasteiger partial charge in [0.05, 0.1) is 12.7 Å². The molecule has 3 unspecified atom stereocenters. The maximum Gasteiger partial charge on any atom is 0.126 e. The van der Waals surface area contributed by atoms with Crippen LogP contribution in [0.1, 0.15) is 153 Å². The molecule has 1 aromatic rings. The van der Waals surface area contributed by atoms with E-state index in [1.54, 1.807) is 0 Å². The summed E-state index contributed by atoms with van der Waals surface area (Å²) in [5.74, 6) is 3.76. The van der Waals surface area contributed by atoms with Gasteiger partial charge in [0.25, 0.3) is 0 Å². The van der Waals surface area contributed by atoms with Gasteiger partial charge >= 0.3 is 0 Å². The highest BCUT2D eigenvalue weighted by molar-refractivity contribution is 7.50. The quantitative estimate of drug-likeness (QED) is 0.103. The van der Waals surface area contributed by atoms with Gasteiger partial charge in [0, 0.05) is 14.3 Å². The van der Waals surface area contributed by atoms with Gasteiger partial charge in [0.2, 0.25) is 0 Å². The Bertz CT molecular complexity index is 787. The normalized spacial score (nSPS) is 15.0. The second-order valence-electron chi connectivity index (χ2n) is 13.2. The van der Waals surface area contributed by atoms with E-state index in [0.717, 1.165) is 55.5 Å². The summed E-state index contributed by atoms with van der Waals surface area (Å²) in [6, 6.07) is 0. The van der Waals surface area contributed by atoms with E-state index in [4.69, 9.17) is 9.26 Å². The molecule has 0 aliphatic carbocycles. The van der Waals surface area contributed by atoms with Gasteiger partial charge in [-0.3, -0.25) is 0 Å². The summed E-state index contributed by atoms with van der Waals surface area (Å²) in [6.07, 6.45) is 18.2. The lowest BCUT2D eigenvalue weighted by Crippen LogP contribution is -2.16. The largest absolute Gasteiger partial charge is 0.490 e. The highest BCUT2D eigenvalue weighted by Gasteiger charge is 2.20. The van der Waals surface area contributed by atoms with Crippen LogP contribution in [0, 0.1) is 38.5 Å². The first-order valence-electron chi connectivity index (χ1n) is 16.6. The molecule has 0 saturated carbocycles. The lowest BCUT2D eigenvalue weighted by Gasteiger charge is -2.26. The monoisotopic (exact) mass is 562 g/mol. The molecule has 228 valence electrons. The van der Waals surface area contributed by atoms with Gasteiger partial charge in [-0.05, 0) is 106 Å². The van der Waals surface area contributed by atoms with Crippen molar-refractivity contribution in [2.45, 2.75) is 165 Å². The summed E-state index contributed by atoms with van der Waals surface area (Å²) in [5.41, 5.74) is 7.07. The van der Waals surface area contributed by atoms with Crippen molar-refractivity contribution < 1.29 is 9.26 Å². The Kier molecular flexibility index (Phi) is 19.0. The number of unbranched alkanes of at least 4 members (excludes halogenated alkanes) is 2. The standard InChI is InChI=1S/C36H67O2P/c1-12-14-25-37-39(11)26-35-31(8)32(9)36(34(13-2)33(35)10)38-30(7)24-16-15-20-28(5)22-18-23-29(6)21-17-19-27(3)4/h27-30H,12-26H2,1-11H3/t28-,29?,30?,39?/m0/s1. The van der Waals surface area contributed by atoms with Crippen LogP contribution in [0.15, 0.2) is 0 Å². The van der Waals surface area contributed by atoms with Crippen LogP contribution in [0.5, 0.6) is 5.75 Å². The Hall–Kier alpha value is -0.590. The third-order valence-electron chi connectivity index (χ3n) is 8.83. The van der Waals surface area contributed by atoms with Crippen LogP contribution in [-0.4, -0.2) is 19.4 Å². The van der Waals surface area contributed by atoms with Crippen molar-refractivity contribution in [3.05, 3.63) is 27.8 Å². The summed E-state index contributed by atoms with van der Waals surface area (Å²) in [7, 11) is -0.426. The molecule has 0 heterocycles. The Morgan fingerprint density at radius 1 is 0.641 bits per heavy atom. The maximum atomic E-state index is 6.69. The minimum atomic E-state index is -0.426. The smallest absolute Gasteiger partial charge is 0.126 e. The fourth-order valence-electron chi connectivity index (χ4n) is 5.87. The molecule has 0 radical (unpaired) electrons. The molecule has 1 aromatic carbocycles. The van der Waals surface area contributed by atoms with E-state index in [-0.39, 0.29) is 6.10 Å². The fraction of sp³-hybridized carbons (Fsp3) is 0.833. The fourth-order valence-corrected chi connectivity index (χ4v) is 7.33. The lowest BCUT2D eigenvalue weighted by atomic mass is 9.91. The Morgan fingerprint density at radius 3 is 1.77 bits per heavy atom. The van der Waals surface area contributed by atoms with Crippen LogP contribution in [-0.2, 0) is 17.1 Å². The molecule has 0 aliphatic rings. The number of ether oxygens (including phenoxy) is 1. The second kappa shape index (κ2) is 20.3. The van der Waals surface area contributed by atoms with Crippen LogP contribution in [0.25, 0.3) is 0 Å². The topological polar surface area (TPSA) is 18.5 Å². The van der Waals surface area contributed by atoms with E-state index in [0.29, 0.717) is 0 Å². The van der Waals surface area contributed by atoms with E-state index in [1.165, 1.54) is 92.0 Å². The summed E-state index contributed by atoms with van der Waals surface area (Å²) in [6.45, 7) is 26.4. The highest BCUT2D eigenvalue weighted by Crippen LogP contribution is 2.43. The molecule has 0 aromatic heterocycles. The van der Waals surface area contributed by atoms with Crippen molar-refractivity contribution in [1.82, 2.24) is 0 Å². The summed E-state index contributed by atoms with van der Waals surface area (Å²) in [5, 5.41) is 0. The molecule has 0 spiro atoms. The zero-order valence-electron chi connectivity index (χ0n) is 28.2. The van der Waals surface area contributed by atoms with Crippen molar-refractivity contribution in [3.63, 3.8) is 0 Å². The average Bonchev–Trinajstić information content (AvgIpc) is 2.88. The minimum absolute atomic E-state index is 0.265. The first kappa shape index (κ1) is 36.4. The molecule has 0 saturated heterocycles. The maximum absolute atomic E-state index is 6.69. The first-order chi connectivity index (χ1) is 18.5. The van der Waals surface area contributed by atoms with Crippen LogP contribution >= 0.6 is 8.15 Å². The molecule has 0 amide bonds. The summed E-state index contributed by atoms with van der Waals surface area (Å²) >= 11 is 0. The predicted octanol–water partition coefficient (Wildman–Crippen LogP) is 12.1. The van der Waals surface area contributed by atoms with Gasteiger partial charge in [-0.1, -0.05) is 99.3 Å². The van der Waals surface area contributed by atoms with E-state index < -0.39 is 8.15 Å². The molecule has 0 bridgehead atoms. The number of hydrogen-bond acceptors (Lipinski definition) is 2. The van der Waals surface area contributed by atoms with Crippen LogP contribution < -0.4 is 4.74 Å². The predicted molar refractivity (Wildman–Crippen MR) is 177 cm³/mol. The molecule has 4 atom stereocenters. The van der Waals surface area contributed by atoms with E-state index in [2.05, 4.69) is 75.9 Å². The molecule has 2 nitrogen and oxygen atoms in total. The van der Waals surface area contributed by atoms with Crippen molar-refractivity contribution in [2.75, 3.05) is 13.3 Å². The van der Waals surface area contributed by atoms with Crippen LogP contribution in [0.2, 0.25) is 0 Å². The molecule has 0 N–H and O–H groups in total. The van der Waals surface area contributed by atoms with E-state index in [9.17, 15) is 0 Å². The molecular weight excluding hydrogens is 495 g/mol. The average molecular weight is 563 g/mol. The Labute approximate surface area is 246 Å². The van der Waals surface area contributed by atoms with Crippen molar-refractivity contribution in [1.29, 1.82) is 0 Å². The van der Waals surface area contributed by atoms with Gasteiger partial charge in [-0.25, -0.2) is 0 Å². The highest BCUT2D eigenvalue weighted by atomic mass is 31.1. The van der Waals surface area contributed by atoms with E-state index >= 15 is 0 Å². The summed E-state index contributed by atoms with van der Waals surface area (Å²) < 4.78 is 12.9. The second-order valence-corrected chi connectivity index (χ2v) is 15.0. The minimum Gasteiger partial charge on any atom is -0.490 e. The number of hydrogen-bond donors (Lipinski definition) is 0. The Balaban J connectivity index is 2.52. The van der Waals surface area contributed by atoms with Gasteiger partial charge in [-0.15, -0.1) is 0 Å². The SMILES string of the molecule is CCCCOP(C)Cc1c(C)c(C)c(OC(C)CCCC[C@H](C)CCCC(C)CCCC(C)C)c(CC)c1C. The van der Waals surface area contributed by atoms with Gasteiger partial charge in [-0.2, -0.15) is 0 Å². The molecule has 39 heavy (non-hydrogen) atoms. The molecule has 3 heteroatoms. The molecule has 1 rings (SSSR count). The van der Waals surface area contributed by atoms with Crippen molar-refractivity contribution in [2.24, 2.45) is 17.8 Å². The van der Waals surface area contributed by atoms with Crippen molar-refractivity contribution in [3.8, 4) is 5.75 Å². The molecule has 0 aliphatic heterocycles. The zero-order chi connectivity index (χ0) is 29.4. The van der Waals surface area contributed by atoms with Crippen LogP contribution in [0.4, 0.5) is 0 Å². The van der Waals surface area contributed by atoms with Crippen molar-refractivity contribution >= 4 is 8.15 Å². The molecular formula is C36H67O2P. The number of benzene rings is 1. The van der Waals surface area contributed by atoms with Gasteiger partial charge in [0.1, 0.15) is 5.75 Å². The first-order valence-corrected chi connectivity index (χ1v) is 18.5. The third-order valence-corrected chi connectivity index (χ3v) is 10.2. The zero-order valence-corrected chi connectivity index (χ0v) is 29.1.